The molecule has 1 saturated carbocycles. The van der Waals surface area contributed by atoms with Crippen molar-refractivity contribution in [1.82, 2.24) is 0 Å². The summed E-state index contributed by atoms with van der Waals surface area (Å²) in [5.41, 5.74) is 6.05. The van der Waals surface area contributed by atoms with Crippen molar-refractivity contribution in [2.75, 3.05) is 23.0 Å². The van der Waals surface area contributed by atoms with E-state index in [-0.39, 0.29) is 11.9 Å². The Morgan fingerprint density at radius 1 is 1.26 bits per heavy atom. The molecule has 1 heterocycles. The Hall–Kier alpha value is -2.53. The monoisotopic (exact) mass is 382 g/mol. The summed E-state index contributed by atoms with van der Waals surface area (Å²) in [5, 5.41) is 18.7. The van der Waals surface area contributed by atoms with Crippen LogP contribution in [-0.4, -0.2) is 24.7 Å². The minimum absolute atomic E-state index is 0.0204. The van der Waals surface area contributed by atoms with Crippen LogP contribution in [0.25, 0.3) is 11.1 Å². The summed E-state index contributed by atoms with van der Waals surface area (Å²) in [6.45, 7) is 1.99. The van der Waals surface area contributed by atoms with E-state index >= 15 is 0 Å². The summed E-state index contributed by atoms with van der Waals surface area (Å²) in [6, 6.07) is 9.80. The first-order valence-corrected chi connectivity index (χ1v) is 9.65. The second-order valence-electron chi connectivity index (χ2n) is 7.37. The van der Waals surface area contributed by atoms with Gasteiger partial charge in [0.1, 0.15) is 0 Å². The molecule has 0 saturated heterocycles. The molecule has 4 rings (SSSR count). The van der Waals surface area contributed by atoms with Crippen LogP contribution in [0.1, 0.15) is 31.7 Å². The van der Waals surface area contributed by atoms with Gasteiger partial charge < -0.3 is 21.4 Å². The Morgan fingerprint density at radius 2 is 2.04 bits per heavy atom. The average Bonchev–Trinajstić information content (AvgIpc) is 3.47. The van der Waals surface area contributed by atoms with Crippen LogP contribution in [0.4, 0.5) is 17.1 Å². The molecule has 2 aromatic carbocycles. The first-order chi connectivity index (χ1) is 13.0. The lowest BCUT2D eigenvalue weighted by atomic mass is 9.96. The average molecular weight is 383 g/mol. The van der Waals surface area contributed by atoms with Gasteiger partial charge in [-0.25, -0.2) is 0 Å². The van der Waals surface area contributed by atoms with E-state index in [1.165, 1.54) is 0 Å². The first-order valence-electron chi connectivity index (χ1n) is 9.27. The Balaban J connectivity index is 1.85. The molecule has 1 aliphatic heterocycles. The van der Waals surface area contributed by atoms with Crippen LogP contribution < -0.4 is 16.0 Å². The second-order valence-corrected chi connectivity index (χ2v) is 7.81. The molecule has 0 spiro atoms. The fraction of sp³-hybridized carbons (Fsp3) is 0.333. The zero-order valence-corrected chi connectivity index (χ0v) is 16.2. The van der Waals surface area contributed by atoms with Gasteiger partial charge in [-0.15, -0.1) is 0 Å². The standard InChI is InChI=1S/C21H23ClN4O/c1-11-7-19(27)26-18-10-14(22)9-15(21(18)25-11)13-5-6-17(24-2)16(8-13)20(23)12-3-4-12/h5-6,8-12,23-25H,3-4,7H2,1-2H3,(H,26,27)/t11-/m1/s1. The summed E-state index contributed by atoms with van der Waals surface area (Å²) >= 11 is 6.36. The lowest BCUT2D eigenvalue weighted by Gasteiger charge is -2.19. The van der Waals surface area contributed by atoms with Gasteiger partial charge in [0.15, 0.2) is 0 Å². The Morgan fingerprint density at radius 3 is 2.74 bits per heavy atom. The second kappa shape index (κ2) is 6.89. The zero-order valence-electron chi connectivity index (χ0n) is 15.4. The molecule has 0 aromatic heterocycles. The molecule has 0 radical (unpaired) electrons. The van der Waals surface area contributed by atoms with Crippen LogP contribution in [0.2, 0.25) is 5.02 Å². The molecule has 1 atom stereocenters. The van der Waals surface area contributed by atoms with Crippen molar-refractivity contribution < 1.29 is 4.79 Å². The van der Waals surface area contributed by atoms with E-state index in [9.17, 15) is 4.79 Å². The fourth-order valence-electron chi connectivity index (χ4n) is 3.61. The van der Waals surface area contributed by atoms with Crippen LogP contribution >= 0.6 is 11.6 Å². The molecule has 1 amide bonds. The number of hydrogen-bond acceptors (Lipinski definition) is 4. The molecular weight excluding hydrogens is 360 g/mol. The highest BCUT2D eigenvalue weighted by atomic mass is 35.5. The SMILES string of the molecule is CNc1ccc(-c2cc(Cl)cc3c2N[C@H](C)CC(=O)N3)cc1C(=N)C1CC1. The Kier molecular flexibility index (Phi) is 4.56. The van der Waals surface area contributed by atoms with Gasteiger partial charge in [-0.3, -0.25) is 4.79 Å². The number of rotatable bonds is 4. The highest BCUT2D eigenvalue weighted by molar-refractivity contribution is 6.31. The van der Waals surface area contributed by atoms with Crippen LogP contribution in [0.3, 0.4) is 0 Å². The minimum Gasteiger partial charge on any atom is -0.388 e. The van der Waals surface area contributed by atoms with Crippen LogP contribution in [0, 0.1) is 11.3 Å². The number of hydrogen-bond donors (Lipinski definition) is 4. The quantitative estimate of drug-likeness (QED) is 0.564. The number of carbonyl (C=O) groups excluding carboxylic acids is 1. The molecule has 140 valence electrons. The van der Waals surface area contributed by atoms with E-state index in [1.807, 2.05) is 32.2 Å². The molecule has 1 aliphatic carbocycles. The molecule has 4 N–H and O–H groups in total. The first kappa shape index (κ1) is 17.9. The van der Waals surface area contributed by atoms with Crippen molar-refractivity contribution in [3.63, 3.8) is 0 Å². The highest BCUT2D eigenvalue weighted by Crippen LogP contribution is 2.41. The van der Waals surface area contributed by atoms with Gasteiger partial charge >= 0.3 is 0 Å². The summed E-state index contributed by atoms with van der Waals surface area (Å²) in [6.07, 6.45) is 2.58. The molecule has 27 heavy (non-hydrogen) atoms. The summed E-state index contributed by atoms with van der Waals surface area (Å²) in [4.78, 5) is 12.1. The van der Waals surface area contributed by atoms with Gasteiger partial charge in [0.25, 0.3) is 0 Å². The number of anilines is 3. The largest absolute Gasteiger partial charge is 0.388 e. The minimum atomic E-state index is -0.0244. The third kappa shape index (κ3) is 3.52. The van der Waals surface area contributed by atoms with E-state index in [0.717, 1.165) is 40.9 Å². The maximum absolute atomic E-state index is 12.1. The molecule has 6 heteroatoms. The van der Waals surface area contributed by atoms with Gasteiger partial charge in [0, 0.05) is 53.0 Å². The molecule has 5 nitrogen and oxygen atoms in total. The fourth-order valence-corrected chi connectivity index (χ4v) is 3.83. The van der Waals surface area contributed by atoms with Crippen molar-refractivity contribution in [2.24, 2.45) is 5.92 Å². The third-order valence-corrected chi connectivity index (χ3v) is 5.35. The van der Waals surface area contributed by atoms with E-state index in [2.05, 4.69) is 22.0 Å². The summed E-state index contributed by atoms with van der Waals surface area (Å²) < 4.78 is 0. The zero-order chi connectivity index (χ0) is 19.1. The van der Waals surface area contributed by atoms with Crippen molar-refractivity contribution in [3.8, 4) is 11.1 Å². The number of nitrogens with one attached hydrogen (secondary N) is 4. The molecule has 0 unspecified atom stereocenters. The van der Waals surface area contributed by atoms with Gasteiger partial charge in [0.05, 0.1) is 11.4 Å². The van der Waals surface area contributed by atoms with Gasteiger partial charge in [0.2, 0.25) is 5.91 Å². The lowest BCUT2D eigenvalue weighted by molar-refractivity contribution is -0.116. The predicted octanol–water partition coefficient (Wildman–Crippen LogP) is 4.97. The maximum Gasteiger partial charge on any atom is 0.226 e. The molecule has 1 fully saturated rings. The number of fused-ring (bicyclic) bond motifs is 1. The number of carbonyl (C=O) groups is 1. The molecular formula is C21H23ClN4O. The van der Waals surface area contributed by atoms with E-state index in [1.54, 1.807) is 6.07 Å². The number of halogens is 1. The van der Waals surface area contributed by atoms with Crippen LogP contribution in [0.5, 0.6) is 0 Å². The Labute approximate surface area is 164 Å². The van der Waals surface area contributed by atoms with Crippen molar-refractivity contribution >= 4 is 40.3 Å². The van der Waals surface area contributed by atoms with Crippen LogP contribution in [-0.2, 0) is 4.79 Å². The molecule has 2 aliphatic rings. The van der Waals surface area contributed by atoms with Gasteiger partial charge in [-0.2, -0.15) is 0 Å². The van der Waals surface area contributed by atoms with Gasteiger partial charge in [-0.1, -0.05) is 17.7 Å². The summed E-state index contributed by atoms with van der Waals surface area (Å²) in [5.74, 6) is 0.338. The lowest BCUT2D eigenvalue weighted by Crippen LogP contribution is -2.19. The normalized spacial score (nSPS) is 18.8. The number of benzene rings is 2. The highest BCUT2D eigenvalue weighted by Gasteiger charge is 2.29. The maximum atomic E-state index is 12.1. The summed E-state index contributed by atoms with van der Waals surface area (Å²) in [7, 11) is 1.88. The third-order valence-electron chi connectivity index (χ3n) is 5.14. The van der Waals surface area contributed by atoms with Crippen LogP contribution in [0.15, 0.2) is 30.3 Å². The van der Waals surface area contributed by atoms with Crippen molar-refractivity contribution in [1.29, 1.82) is 5.41 Å². The topological polar surface area (TPSA) is 77.0 Å². The predicted molar refractivity (Wildman–Crippen MR) is 112 cm³/mol. The molecule has 2 aromatic rings. The van der Waals surface area contributed by atoms with Crippen molar-refractivity contribution in [3.05, 3.63) is 40.9 Å². The van der Waals surface area contributed by atoms with Gasteiger partial charge in [-0.05, 0) is 49.6 Å². The van der Waals surface area contributed by atoms with E-state index in [0.29, 0.717) is 28.8 Å². The number of amides is 1. The van der Waals surface area contributed by atoms with E-state index in [4.69, 9.17) is 17.0 Å². The molecule has 0 bridgehead atoms. The smallest absolute Gasteiger partial charge is 0.226 e. The van der Waals surface area contributed by atoms with E-state index < -0.39 is 0 Å². The van der Waals surface area contributed by atoms with Crippen molar-refractivity contribution in [2.45, 2.75) is 32.2 Å². The Bertz CT molecular complexity index is 936.